The minimum atomic E-state index is -1.18. The van der Waals surface area contributed by atoms with Crippen molar-refractivity contribution in [2.75, 3.05) is 13.2 Å². The summed E-state index contributed by atoms with van der Waals surface area (Å²) in [4.78, 5) is 0. The molecule has 1 aliphatic rings. The van der Waals surface area contributed by atoms with E-state index in [0.29, 0.717) is 6.61 Å². The zero-order valence-electron chi connectivity index (χ0n) is 8.23. The first-order valence-corrected chi connectivity index (χ1v) is 4.89. The Labute approximate surface area is 83.7 Å². The van der Waals surface area contributed by atoms with Crippen molar-refractivity contribution in [2.24, 2.45) is 0 Å². The summed E-state index contributed by atoms with van der Waals surface area (Å²) in [6.07, 6.45) is 0. The van der Waals surface area contributed by atoms with E-state index in [-0.39, 0.29) is 6.04 Å². The van der Waals surface area contributed by atoms with E-state index in [1.807, 2.05) is 37.3 Å². The largest absolute Gasteiger partial charge is 0.361 e. The van der Waals surface area contributed by atoms with Gasteiger partial charge in [0.15, 0.2) is 0 Å². The first-order chi connectivity index (χ1) is 6.73. The molecule has 76 valence electrons. The van der Waals surface area contributed by atoms with E-state index in [9.17, 15) is 5.11 Å². The molecule has 1 aliphatic heterocycles. The quantitative estimate of drug-likeness (QED) is 0.694. The van der Waals surface area contributed by atoms with Crippen molar-refractivity contribution in [1.82, 2.24) is 5.32 Å². The van der Waals surface area contributed by atoms with Crippen molar-refractivity contribution < 1.29 is 9.84 Å². The highest BCUT2D eigenvalue weighted by Crippen LogP contribution is 2.28. The third-order valence-corrected chi connectivity index (χ3v) is 2.65. The van der Waals surface area contributed by atoms with Gasteiger partial charge in [-0.1, -0.05) is 30.3 Å². The Morgan fingerprint density at radius 3 is 2.79 bits per heavy atom. The maximum absolute atomic E-state index is 10.3. The Hall–Kier alpha value is -0.900. The smallest absolute Gasteiger partial charge is 0.208 e. The number of rotatable bonds is 1. The zero-order valence-corrected chi connectivity index (χ0v) is 8.23. The maximum atomic E-state index is 10.3. The molecule has 1 fully saturated rings. The first-order valence-electron chi connectivity index (χ1n) is 4.89. The number of hydrogen-bond acceptors (Lipinski definition) is 3. The lowest BCUT2D eigenvalue weighted by molar-refractivity contribution is -0.245. The first kappa shape index (κ1) is 9.65. The van der Waals surface area contributed by atoms with E-state index in [1.54, 1.807) is 0 Å². The molecule has 3 heteroatoms. The second kappa shape index (κ2) is 3.69. The average molecular weight is 193 g/mol. The van der Waals surface area contributed by atoms with Crippen molar-refractivity contribution >= 4 is 0 Å². The lowest BCUT2D eigenvalue weighted by Gasteiger charge is -2.38. The zero-order chi connectivity index (χ0) is 10.0. The maximum Gasteiger partial charge on any atom is 0.208 e. The van der Waals surface area contributed by atoms with Gasteiger partial charge in [-0.25, -0.2) is 0 Å². The van der Waals surface area contributed by atoms with Crippen LogP contribution in [0.3, 0.4) is 0 Å². The van der Waals surface area contributed by atoms with E-state index in [0.717, 1.165) is 12.1 Å². The van der Waals surface area contributed by atoms with Crippen molar-refractivity contribution in [3.8, 4) is 0 Å². The van der Waals surface area contributed by atoms with Gasteiger partial charge in [-0.3, -0.25) is 0 Å². The molecule has 0 aromatic heterocycles. The van der Waals surface area contributed by atoms with Gasteiger partial charge in [0.25, 0.3) is 0 Å². The molecular weight excluding hydrogens is 178 g/mol. The van der Waals surface area contributed by atoms with Crippen LogP contribution in [0, 0.1) is 0 Å². The van der Waals surface area contributed by atoms with E-state index < -0.39 is 5.79 Å². The van der Waals surface area contributed by atoms with Gasteiger partial charge < -0.3 is 15.2 Å². The molecule has 1 saturated heterocycles. The van der Waals surface area contributed by atoms with Crippen LogP contribution in [0.2, 0.25) is 0 Å². The molecule has 2 rings (SSSR count). The molecular formula is C11H15NO2. The molecule has 0 unspecified atom stereocenters. The van der Waals surface area contributed by atoms with Crippen LogP contribution in [-0.2, 0) is 10.5 Å². The summed E-state index contributed by atoms with van der Waals surface area (Å²) in [5.41, 5.74) is 0.805. The van der Waals surface area contributed by atoms with Gasteiger partial charge in [0.1, 0.15) is 0 Å². The Morgan fingerprint density at radius 1 is 1.43 bits per heavy atom. The van der Waals surface area contributed by atoms with Gasteiger partial charge in [0.05, 0.1) is 12.6 Å². The lowest BCUT2D eigenvalue weighted by atomic mass is 9.98. The molecule has 1 aromatic carbocycles. The van der Waals surface area contributed by atoms with Crippen LogP contribution < -0.4 is 5.32 Å². The fraction of sp³-hybridized carbons (Fsp3) is 0.455. The summed E-state index contributed by atoms with van der Waals surface area (Å²) >= 11 is 0. The number of nitrogens with one attached hydrogen (secondary N) is 1. The second-order valence-electron chi connectivity index (χ2n) is 3.59. The van der Waals surface area contributed by atoms with Crippen LogP contribution in [0.4, 0.5) is 0 Å². The molecule has 0 amide bonds. The van der Waals surface area contributed by atoms with Gasteiger partial charge in [-0.05, 0) is 6.92 Å². The molecule has 0 radical (unpaired) electrons. The number of aliphatic hydroxyl groups is 1. The van der Waals surface area contributed by atoms with Crippen LogP contribution in [-0.4, -0.2) is 24.3 Å². The van der Waals surface area contributed by atoms with Crippen molar-refractivity contribution in [1.29, 1.82) is 0 Å². The molecule has 3 nitrogen and oxygen atoms in total. The topological polar surface area (TPSA) is 41.5 Å². The predicted octanol–water partition coefficient (Wildman–Crippen LogP) is 0.840. The van der Waals surface area contributed by atoms with Crippen LogP contribution in [0.25, 0.3) is 0 Å². The SMILES string of the molecule is C[C@@H]1NCCO[C@@]1(O)c1ccccc1. The van der Waals surface area contributed by atoms with E-state index in [4.69, 9.17) is 4.74 Å². The van der Waals surface area contributed by atoms with Gasteiger partial charge in [0.2, 0.25) is 5.79 Å². The summed E-state index contributed by atoms with van der Waals surface area (Å²) in [7, 11) is 0. The van der Waals surface area contributed by atoms with Gasteiger partial charge >= 0.3 is 0 Å². The molecule has 0 aliphatic carbocycles. The third-order valence-electron chi connectivity index (χ3n) is 2.65. The van der Waals surface area contributed by atoms with Crippen LogP contribution in [0.1, 0.15) is 12.5 Å². The predicted molar refractivity (Wildman–Crippen MR) is 53.8 cm³/mol. The van der Waals surface area contributed by atoms with E-state index >= 15 is 0 Å². The minimum absolute atomic E-state index is 0.0846. The Kier molecular flexibility index (Phi) is 2.54. The van der Waals surface area contributed by atoms with Gasteiger partial charge in [-0.2, -0.15) is 0 Å². The van der Waals surface area contributed by atoms with Crippen LogP contribution in [0.5, 0.6) is 0 Å². The Morgan fingerprint density at radius 2 is 2.14 bits per heavy atom. The summed E-state index contributed by atoms with van der Waals surface area (Å²) in [6, 6.07) is 9.40. The molecule has 0 saturated carbocycles. The summed E-state index contributed by atoms with van der Waals surface area (Å²) in [6.45, 7) is 3.25. The number of morpholine rings is 1. The summed E-state index contributed by atoms with van der Waals surface area (Å²) in [5, 5.41) is 13.5. The van der Waals surface area contributed by atoms with Crippen molar-refractivity contribution in [2.45, 2.75) is 18.8 Å². The molecule has 0 bridgehead atoms. The fourth-order valence-electron chi connectivity index (χ4n) is 1.76. The normalized spacial score (nSPS) is 32.9. The third kappa shape index (κ3) is 1.54. The van der Waals surface area contributed by atoms with E-state index in [1.165, 1.54) is 0 Å². The number of hydrogen-bond donors (Lipinski definition) is 2. The molecule has 0 spiro atoms. The fourth-order valence-corrected chi connectivity index (χ4v) is 1.76. The molecule has 2 N–H and O–H groups in total. The van der Waals surface area contributed by atoms with Crippen LogP contribution in [0.15, 0.2) is 30.3 Å². The lowest BCUT2D eigenvalue weighted by Crippen LogP contribution is -2.54. The molecule has 14 heavy (non-hydrogen) atoms. The monoisotopic (exact) mass is 193 g/mol. The van der Waals surface area contributed by atoms with Crippen LogP contribution >= 0.6 is 0 Å². The number of ether oxygens (including phenoxy) is 1. The summed E-state index contributed by atoms with van der Waals surface area (Å²) < 4.78 is 5.46. The highest BCUT2D eigenvalue weighted by molar-refractivity contribution is 5.22. The standard InChI is InChI=1S/C11H15NO2/c1-9-11(13,14-8-7-12-9)10-5-3-2-4-6-10/h2-6,9,12-13H,7-8H2,1H3/t9-,11+/m0/s1. The molecule has 1 heterocycles. The average Bonchev–Trinajstić information content (AvgIpc) is 2.24. The van der Waals surface area contributed by atoms with Crippen molar-refractivity contribution in [3.05, 3.63) is 35.9 Å². The molecule has 2 atom stereocenters. The van der Waals surface area contributed by atoms with Crippen molar-refractivity contribution in [3.63, 3.8) is 0 Å². The highest BCUT2D eigenvalue weighted by Gasteiger charge is 2.38. The van der Waals surface area contributed by atoms with Gasteiger partial charge in [0, 0.05) is 12.1 Å². The summed E-state index contributed by atoms with van der Waals surface area (Å²) in [5.74, 6) is -1.18. The second-order valence-corrected chi connectivity index (χ2v) is 3.59. The van der Waals surface area contributed by atoms with E-state index in [2.05, 4.69) is 5.32 Å². The van der Waals surface area contributed by atoms with Gasteiger partial charge in [-0.15, -0.1) is 0 Å². The molecule has 1 aromatic rings. The highest BCUT2D eigenvalue weighted by atomic mass is 16.6. The Bertz CT molecular complexity index is 301. The Balaban J connectivity index is 2.30. The minimum Gasteiger partial charge on any atom is -0.361 e. The number of benzene rings is 1.